The third kappa shape index (κ3) is 2.74. The summed E-state index contributed by atoms with van der Waals surface area (Å²) in [5.74, 6) is 1.58. The van der Waals surface area contributed by atoms with Gasteiger partial charge in [-0.25, -0.2) is 19.9 Å². The second kappa shape index (κ2) is 6.48. The summed E-state index contributed by atoms with van der Waals surface area (Å²) < 4.78 is 3.15. The number of benzene rings is 2. The topological polar surface area (TPSA) is 84.3 Å². The van der Waals surface area contributed by atoms with Gasteiger partial charge in [0.1, 0.15) is 17.7 Å². The Morgan fingerprint density at radius 2 is 1.89 bits per heavy atom. The normalized spacial score (nSPS) is 11.3. The van der Waals surface area contributed by atoms with Crippen molar-refractivity contribution < 1.29 is 0 Å². The monoisotopic (exact) mass is 419 g/mol. The van der Waals surface area contributed by atoms with Crippen molar-refractivity contribution in [2.45, 2.75) is 6.54 Å². The fourth-order valence-corrected chi connectivity index (χ4v) is 3.70. The lowest BCUT2D eigenvalue weighted by molar-refractivity contribution is 0.910. The molecule has 2 aromatic carbocycles. The average molecular weight is 420 g/mol. The predicted octanol–water partition coefficient (Wildman–Crippen LogP) is 4.07. The lowest BCUT2D eigenvalue weighted by atomic mass is 10.3. The molecule has 0 unspecified atom stereocenters. The number of H-pyrrole nitrogens is 1. The molecule has 0 amide bonds. The number of nitrogens with zero attached hydrogens (tertiary/aromatic N) is 5. The van der Waals surface area contributed by atoms with Crippen LogP contribution in [0.2, 0.25) is 0 Å². The summed E-state index contributed by atoms with van der Waals surface area (Å²) in [6, 6.07) is 16.2. The minimum Gasteiger partial charge on any atom is -0.361 e. The van der Waals surface area contributed by atoms with E-state index in [4.69, 9.17) is 4.98 Å². The summed E-state index contributed by atoms with van der Waals surface area (Å²) in [6.07, 6.45) is 3.11. The van der Waals surface area contributed by atoms with E-state index in [0.717, 1.165) is 32.5 Å². The molecule has 0 atom stereocenters. The van der Waals surface area contributed by atoms with E-state index in [-0.39, 0.29) is 0 Å². The van der Waals surface area contributed by atoms with Crippen LogP contribution in [-0.4, -0.2) is 29.5 Å². The molecule has 0 aliphatic rings. The number of imidazole rings is 2. The number of para-hydroxylation sites is 2. The van der Waals surface area contributed by atoms with Crippen LogP contribution in [0.15, 0.2) is 65.7 Å². The van der Waals surface area contributed by atoms with E-state index in [1.54, 1.807) is 6.33 Å². The third-order valence-corrected chi connectivity index (χ3v) is 4.99. The molecule has 3 heterocycles. The molecular formula is C19H14BrN7. The summed E-state index contributed by atoms with van der Waals surface area (Å²) in [5.41, 5.74) is 4.43. The van der Waals surface area contributed by atoms with Crippen LogP contribution in [0.5, 0.6) is 0 Å². The van der Waals surface area contributed by atoms with Crippen LogP contribution in [0.1, 0.15) is 5.82 Å². The second-order valence-electron chi connectivity index (χ2n) is 5.98. The van der Waals surface area contributed by atoms with E-state index in [0.29, 0.717) is 18.0 Å². The molecule has 3 aromatic heterocycles. The molecular weight excluding hydrogens is 406 g/mol. The highest BCUT2D eigenvalue weighted by Crippen LogP contribution is 2.28. The fourth-order valence-electron chi connectivity index (χ4n) is 3.17. The van der Waals surface area contributed by atoms with Gasteiger partial charge in [0, 0.05) is 10.2 Å². The molecule has 5 rings (SSSR count). The third-order valence-electron chi connectivity index (χ3n) is 4.35. The Morgan fingerprint density at radius 1 is 1.00 bits per heavy atom. The highest BCUT2D eigenvalue weighted by molar-refractivity contribution is 9.10. The Kier molecular flexibility index (Phi) is 3.83. The predicted molar refractivity (Wildman–Crippen MR) is 108 cm³/mol. The molecule has 2 N–H and O–H groups in total. The van der Waals surface area contributed by atoms with Gasteiger partial charge in [0.25, 0.3) is 0 Å². The summed E-state index contributed by atoms with van der Waals surface area (Å²) in [7, 11) is 0. The van der Waals surface area contributed by atoms with Crippen LogP contribution in [0.25, 0.3) is 27.9 Å². The zero-order valence-corrected chi connectivity index (χ0v) is 15.7. The van der Waals surface area contributed by atoms with Crippen LogP contribution in [0, 0.1) is 0 Å². The van der Waals surface area contributed by atoms with Crippen molar-refractivity contribution in [3.8, 4) is 5.69 Å². The van der Waals surface area contributed by atoms with Crippen molar-refractivity contribution in [1.82, 2.24) is 29.5 Å². The number of rotatable bonds is 4. The smallest absolute Gasteiger partial charge is 0.182 e. The molecule has 0 saturated carbocycles. The van der Waals surface area contributed by atoms with Gasteiger partial charge in [-0.3, -0.25) is 4.57 Å². The van der Waals surface area contributed by atoms with Gasteiger partial charge in [-0.1, -0.05) is 24.3 Å². The minimum atomic E-state index is 0.501. The largest absolute Gasteiger partial charge is 0.361 e. The summed E-state index contributed by atoms with van der Waals surface area (Å²) >= 11 is 3.67. The highest BCUT2D eigenvalue weighted by Gasteiger charge is 2.15. The number of aromatic amines is 1. The zero-order valence-electron chi connectivity index (χ0n) is 14.1. The molecule has 132 valence electrons. The van der Waals surface area contributed by atoms with Crippen molar-refractivity contribution >= 4 is 43.9 Å². The van der Waals surface area contributed by atoms with E-state index in [1.165, 1.54) is 6.33 Å². The molecule has 5 aromatic rings. The van der Waals surface area contributed by atoms with E-state index in [9.17, 15) is 0 Å². The number of aromatic nitrogens is 6. The quantitative estimate of drug-likeness (QED) is 0.458. The van der Waals surface area contributed by atoms with Gasteiger partial charge >= 0.3 is 0 Å². The maximum Gasteiger partial charge on any atom is 0.182 e. The molecule has 0 aliphatic carbocycles. The molecule has 0 fully saturated rings. The van der Waals surface area contributed by atoms with Crippen molar-refractivity contribution in [2.24, 2.45) is 0 Å². The fraction of sp³-hybridized carbons (Fsp3) is 0.0526. The van der Waals surface area contributed by atoms with Crippen molar-refractivity contribution in [1.29, 1.82) is 0 Å². The van der Waals surface area contributed by atoms with Gasteiger partial charge in [-0.05, 0) is 40.2 Å². The Bertz CT molecular complexity index is 1240. The maximum absolute atomic E-state index is 4.83. The van der Waals surface area contributed by atoms with Crippen LogP contribution < -0.4 is 5.32 Å². The number of nitrogens with one attached hydrogen (secondary N) is 2. The SMILES string of the molecule is Brc1cccc2nc(CNc3ncnc4nc[nH]c34)n(-c3ccccc3)c12. The van der Waals surface area contributed by atoms with Gasteiger partial charge in [-0.2, -0.15) is 0 Å². The molecule has 0 spiro atoms. The van der Waals surface area contributed by atoms with Gasteiger partial charge < -0.3 is 10.3 Å². The van der Waals surface area contributed by atoms with Gasteiger partial charge in [0.15, 0.2) is 11.5 Å². The first-order valence-corrected chi connectivity index (χ1v) is 9.20. The maximum atomic E-state index is 4.83. The van der Waals surface area contributed by atoms with E-state index >= 15 is 0 Å². The van der Waals surface area contributed by atoms with Gasteiger partial charge in [0.05, 0.1) is 23.9 Å². The van der Waals surface area contributed by atoms with E-state index in [2.05, 4.69) is 57.9 Å². The van der Waals surface area contributed by atoms with Crippen molar-refractivity contribution in [2.75, 3.05) is 5.32 Å². The van der Waals surface area contributed by atoms with Crippen LogP contribution >= 0.6 is 15.9 Å². The summed E-state index contributed by atoms with van der Waals surface area (Å²) in [4.78, 5) is 20.6. The summed E-state index contributed by atoms with van der Waals surface area (Å²) in [5, 5.41) is 3.36. The summed E-state index contributed by atoms with van der Waals surface area (Å²) in [6.45, 7) is 0.501. The van der Waals surface area contributed by atoms with Crippen LogP contribution in [0.4, 0.5) is 5.82 Å². The van der Waals surface area contributed by atoms with Crippen LogP contribution in [-0.2, 0) is 6.54 Å². The molecule has 27 heavy (non-hydrogen) atoms. The number of hydrogen-bond acceptors (Lipinski definition) is 5. The zero-order chi connectivity index (χ0) is 18.2. The molecule has 0 radical (unpaired) electrons. The first-order valence-electron chi connectivity index (χ1n) is 8.40. The molecule has 0 bridgehead atoms. The molecule has 8 heteroatoms. The van der Waals surface area contributed by atoms with Crippen LogP contribution in [0.3, 0.4) is 0 Å². The molecule has 7 nitrogen and oxygen atoms in total. The minimum absolute atomic E-state index is 0.501. The Balaban J connectivity index is 1.61. The lowest BCUT2D eigenvalue weighted by Crippen LogP contribution is -2.09. The van der Waals surface area contributed by atoms with Crippen molar-refractivity contribution in [3.05, 3.63) is 71.5 Å². The van der Waals surface area contributed by atoms with Gasteiger partial charge in [-0.15, -0.1) is 0 Å². The van der Waals surface area contributed by atoms with Crippen molar-refractivity contribution in [3.63, 3.8) is 0 Å². The highest BCUT2D eigenvalue weighted by atomic mass is 79.9. The Hall–Kier alpha value is -3.26. The van der Waals surface area contributed by atoms with Gasteiger partial charge in [0.2, 0.25) is 0 Å². The van der Waals surface area contributed by atoms with E-state index in [1.807, 2.05) is 36.4 Å². The first-order chi connectivity index (χ1) is 13.3. The standard InChI is InChI=1S/C19H14BrN7/c20-13-7-4-8-14-17(13)27(12-5-2-1-3-6-12)15(26-14)9-21-18-16-19(23-10-22-16)25-11-24-18/h1-8,10-11H,9H2,(H2,21,22,23,24,25). The molecule has 0 saturated heterocycles. The Labute approximate surface area is 162 Å². The molecule has 0 aliphatic heterocycles. The van der Waals surface area contributed by atoms with E-state index < -0.39 is 0 Å². The Morgan fingerprint density at radius 3 is 2.78 bits per heavy atom. The number of halogens is 1. The number of anilines is 1. The second-order valence-corrected chi connectivity index (χ2v) is 6.84. The first kappa shape index (κ1) is 16.0. The average Bonchev–Trinajstić information content (AvgIpc) is 3.32. The lowest BCUT2D eigenvalue weighted by Gasteiger charge is -2.11. The number of hydrogen-bond donors (Lipinski definition) is 2. The number of fused-ring (bicyclic) bond motifs is 2.